The molecular formula is C15H15FNO. The van der Waals surface area contributed by atoms with Crippen LogP contribution < -0.4 is 5.43 Å². The van der Waals surface area contributed by atoms with Crippen molar-refractivity contribution in [1.82, 2.24) is 4.57 Å². The van der Waals surface area contributed by atoms with Crippen molar-refractivity contribution in [3.63, 3.8) is 0 Å². The molecule has 0 unspecified atom stereocenters. The molecule has 93 valence electrons. The lowest BCUT2D eigenvalue weighted by Gasteiger charge is -2.09. The highest BCUT2D eigenvalue weighted by Gasteiger charge is 2.08. The van der Waals surface area contributed by atoms with Gasteiger partial charge in [0.2, 0.25) is 0 Å². The number of nitrogens with zero attached hydrogens (tertiary/aromatic N) is 1. The summed E-state index contributed by atoms with van der Waals surface area (Å²) >= 11 is 0. The first kappa shape index (κ1) is 12.6. The lowest BCUT2D eigenvalue weighted by atomic mass is 10.0. The van der Waals surface area contributed by atoms with Crippen LogP contribution in [0.25, 0.3) is 11.1 Å². The van der Waals surface area contributed by atoms with E-state index in [2.05, 4.69) is 6.92 Å². The fourth-order valence-corrected chi connectivity index (χ4v) is 1.89. The van der Waals surface area contributed by atoms with Crippen LogP contribution in [0.3, 0.4) is 0 Å². The third-order valence-corrected chi connectivity index (χ3v) is 2.94. The number of pyridine rings is 1. The molecule has 3 heteroatoms. The van der Waals surface area contributed by atoms with E-state index in [0.29, 0.717) is 17.5 Å². The minimum absolute atomic E-state index is 0.0266. The molecule has 2 rings (SSSR count). The first-order valence-corrected chi connectivity index (χ1v) is 5.94. The molecule has 0 saturated heterocycles. The van der Waals surface area contributed by atoms with Gasteiger partial charge >= 0.3 is 0 Å². The van der Waals surface area contributed by atoms with Gasteiger partial charge in [-0.15, -0.1) is 0 Å². The molecule has 1 heterocycles. The van der Waals surface area contributed by atoms with Gasteiger partial charge in [0.05, 0.1) is 0 Å². The smallest absolute Gasteiger partial charge is 0.192 e. The maximum atomic E-state index is 12.9. The highest BCUT2D eigenvalue weighted by Crippen LogP contribution is 2.16. The summed E-state index contributed by atoms with van der Waals surface area (Å²) in [5.74, 6) is -0.303. The SMILES string of the molecule is [CH2]Cc1cn(CC)cc(-c2ccc(F)cc2)c1=O. The summed E-state index contributed by atoms with van der Waals surface area (Å²) in [7, 11) is 0. The number of halogens is 1. The zero-order valence-electron chi connectivity index (χ0n) is 10.3. The maximum absolute atomic E-state index is 12.9. The number of aryl methyl sites for hydroxylation is 1. The van der Waals surface area contributed by atoms with Crippen molar-refractivity contribution in [2.45, 2.75) is 19.9 Å². The molecule has 0 aliphatic carbocycles. The van der Waals surface area contributed by atoms with Gasteiger partial charge < -0.3 is 4.57 Å². The second-order valence-corrected chi connectivity index (χ2v) is 4.11. The summed E-state index contributed by atoms with van der Waals surface area (Å²) in [6.45, 7) is 6.55. The summed E-state index contributed by atoms with van der Waals surface area (Å²) in [6.07, 6.45) is 4.07. The molecule has 2 nitrogen and oxygen atoms in total. The minimum Gasteiger partial charge on any atom is -0.353 e. The number of benzene rings is 1. The van der Waals surface area contributed by atoms with Gasteiger partial charge in [0.1, 0.15) is 5.82 Å². The quantitative estimate of drug-likeness (QED) is 0.813. The van der Waals surface area contributed by atoms with E-state index in [-0.39, 0.29) is 11.2 Å². The van der Waals surface area contributed by atoms with Crippen molar-refractivity contribution in [3.05, 3.63) is 65.2 Å². The Morgan fingerprint density at radius 1 is 1.22 bits per heavy atom. The summed E-state index contributed by atoms with van der Waals surface area (Å²) in [4.78, 5) is 12.2. The zero-order chi connectivity index (χ0) is 13.1. The Bertz CT molecular complexity index is 599. The summed E-state index contributed by atoms with van der Waals surface area (Å²) in [6, 6.07) is 5.97. The lowest BCUT2D eigenvalue weighted by molar-refractivity contribution is 0.628. The van der Waals surface area contributed by atoms with E-state index in [4.69, 9.17) is 0 Å². The van der Waals surface area contributed by atoms with Crippen molar-refractivity contribution in [3.8, 4) is 11.1 Å². The molecule has 0 aliphatic rings. The van der Waals surface area contributed by atoms with Gasteiger partial charge in [-0.05, 0) is 38.0 Å². The Balaban J connectivity index is 2.62. The van der Waals surface area contributed by atoms with E-state index in [1.54, 1.807) is 18.3 Å². The van der Waals surface area contributed by atoms with Crippen LogP contribution in [0.15, 0.2) is 41.5 Å². The molecule has 0 aliphatic heterocycles. The number of rotatable bonds is 3. The molecule has 0 atom stereocenters. The lowest BCUT2D eigenvalue weighted by Crippen LogP contribution is -2.14. The van der Waals surface area contributed by atoms with Crippen LogP contribution in [-0.2, 0) is 13.0 Å². The van der Waals surface area contributed by atoms with Gasteiger partial charge in [-0.2, -0.15) is 0 Å². The van der Waals surface area contributed by atoms with Crippen molar-refractivity contribution < 1.29 is 4.39 Å². The Morgan fingerprint density at radius 3 is 2.44 bits per heavy atom. The molecule has 0 spiro atoms. The average Bonchev–Trinajstić information content (AvgIpc) is 2.40. The topological polar surface area (TPSA) is 22.0 Å². The minimum atomic E-state index is -0.303. The summed E-state index contributed by atoms with van der Waals surface area (Å²) in [5.41, 5.74) is 1.98. The third-order valence-electron chi connectivity index (χ3n) is 2.94. The first-order chi connectivity index (χ1) is 8.65. The standard InChI is InChI=1S/C15H15FNO/c1-3-11-9-17(4-2)10-14(15(11)18)12-5-7-13(16)8-6-12/h5-10H,1,3-4H2,2H3. The van der Waals surface area contributed by atoms with Crippen molar-refractivity contribution in [2.24, 2.45) is 0 Å². The van der Waals surface area contributed by atoms with Gasteiger partial charge in [-0.3, -0.25) is 4.79 Å². The Hall–Kier alpha value is -1.90. The fourth-order valence-electron chi connectivity index (χ4n) is 1.89. The van der Waals surface area contributed by atoms with E-state index in [9.17, 15) is 9.18 Å². The fraction of sp³-hybridized carbons (Fsp3) is 0.200. The second-order valence-electron chi connectivity index (χ2n) is 4.11. The number of hydrogen-bond acceptors (Lipinski definition) is 1. The highest BCUT2D eigenvalue weighted by atomic mass is 19.1. The van der Waals surface area contributed by atoms with Crippen LogP contribution in [0.1, 0.15) is 12.5 Å². The normalized spacial score (nSPS) is 10.6. The van der Waals surface area contributed by atoms with Crippen LogP contribution in [0.4, 0.5) is 4.39 Å². The van der Waals surface area contributed by atoms with Crippen LogP contribution in [0, 0.1) is 12.7 Å². The molecule has 0 fully saturated rings. The van der Waals surface area contributed by atoms with E-state index < -0.39 is 0 Å². The van der Waals surface area contributed by atoms with Gasteiger partial charge in [-0.1, -0.05) is 12.1 Å². The van der Waals surface area contributed by atoms with Gasteiger partial charge in [0.15, 0.2) is 5.43 Å². The van der Waals surface area contributed by atoms with E-state index in [1.165, 1.54) is 12.1 Å². The zero-order valence-corrected chi connectivity index (χ0v) is 10.3. The average molecular weight is 244 g/mol. The first-order valence-electron chi connectivity index (χ1n) is 5.94. The van der Waals surface area contributed by atoms with Crippen LogP contribution in [0.2, 0.25) is 0 Å². The van der Waals surface area contributed by atoms with E-state index in [1.807, 2.05) is 17.7 Å². The third kappa shape index (κ3) is 2.35. The molecule has 0 amide bonds. The summed E-state index contributed by atoms with van der Waals surface area (Å²) < 4.78 is 14.8. The van der Waals surface area contributed by atoms with Crippen LogP contribution >= 0.6 is 0 Å². The van der Waals surface area contributed by atoms with Crippen molar-refractivity contribution in [2.75, 3.05) is 0 Å². The van der Waals surface area contributed by atoms with Crippen LogP contribution in [0.5, 0.6) is 0 Å². The highest BCUT2D eigenvalue weighted by molar-refractivity contribution is 5.63. The Labute approximate surface area is 106 Å². The Morgan fingerprint density at radius 2 is 1.89 bits per heavy atom. The molecule has 0 N–H and O–H groups in total. The van der Waals surface area contributed by atoms with Gasteiger partial charge in [0.25, 0.3) is 0 Å². The predicted molar refractivity (Wildman–Crippen MR) is 70.8 cm³/mol. The van der Waals surface area contributed by atoms with Crippen molar-refractivity contribution in [1.29, 1.82) is 0 Å². The van der Waals surface area contributed by atoms with Crippen LogP contribution in [-0.4, -0.2) is 4.57 Å². The van der Waals surface area contributed by atoms with Gasteiger partial charge in [0, 0.05) is 30.1 Å². The monoisotopic (exact) mass is 244 g/mol. The molecule has 18 heavy (non-hydrogen) atoms. The van der Waals surface area contributed by atoms with Gasteiger partial charge in [-0.25, -0.2) is 4.39 Å². The number of aromatic nitrogens is 1. The largest absolute Gasteiger partial charge is 0.353 e. The molecule has 1 aromatic heterocycles. The Kier molecular flexibility index (Phi) is 3.60. The summed E-state index contributed by atoms with van der Waals surface area (Å²) in [5, 5.41) is 0. The second kappa shape index (κ2) is 5.17. The van der Waals surface area contributed by atoms with E-state index >= 15 is 0 Å². The molecule has 0 saturated carbocycles. The van der Waals surface area contributed by atoms with Crippen molar-refractivity contribution >= 4 is 0 Å². The predicted octanol–water partition coefficient (Wildman–Crippen LogP) is 3.05. The molecule has 0 bridgehead atoms. The van der Waals surface area contributed by atoms with E-state index in [0.717, 1.165) is 12.1 Å². The molecule has 1 aromatic carbocycles. The number of hydrogen-bond donors (Lipinski definition) is 0. The maximum Gasteiger partial charge on any atom is 0.192 e. The molecule has 1 radical (unpaired) electrons. The molecular weight excluding hydrogens is 229 g/mol. The molecule has 2 aromatic rings.